The van der Waals surface area contributed by atoms with Crippen molar-refractivity contribution in [2.75, 3.05) is 39.8 Å². The lowest BCUT2D eigenvalue weighted by Gasteiger charge is -2.35. The number of carbonyl (C=O) groups excluding carboxylic acids is 1. The molecule has 0 radical (unpaired) electrons. The van der Waals surface area contributed by atoms with Gasteiger partial charge in [0.1, 0.15) is 0 Å². The van der Waals surface area contributed by atoms with E-state index in [0.29, 0.717) is 37.6 Å². The number of piperazine rings is 1. The van der Waals surface area contributed by atoms with Crippen molar-refractivity contribution in [3.05, 3.63) is 29.8 Å². The number of sulfonamides is 1. The van der Waals surface area contributed by atoms with Crippen molar-refractivity contribution >= 4 is 28.3 Å². The highest BCUT2D eigenvalue weighted by Crippen LogP contribution is 2.25. The predicted molar refractivity (Wildman–Crippen MR) is 111 cm³/mol. The molecule has 8 heteroatoms. The van der Waals surface area contributed by atoms with E-state index in [-0.39, 0.29) is 29.6 Å². The van der Waals surface area contributed by atoms with Gasteiger partial charge in [-0.05, 0) is 30.2 Å². The quantitative estimate of drug-likeness (QED) is 0.796. The Kier molecular flexibility index (Phi) is 8.29. The molecule has 1 fully saturated rings. The maximum Gasteiger partial charge on any atom is 0.243 e. The van der Waals surface area contributed by atoms with Gasteiger partial charge in [-0.2, -0.15) is 4.31 Å². The Bertz CT molecular complexity index is 722. The average molecular weight is 418 g/mol. The normalized spacial score (nSPS) is 17.3. The van der Waals surface area contributed by atoms with Crippen molar-refractivity contribution < 1.29 is 13.2 Å². The standard InChI is InChI=1S/C19H31N3O3S.ClH/c1-15(14-20-5)18(23)21-10-12-22(13-11-21)26(24,25)17-8-6-16(7-9-17)19(2,3)4;/h6-9,15,20H,10-14H2,1-5H3;1H. The Morgan fingerprint density at radius 2 is 1.63 bits per heavy atom. The highest BCUT2D eigenvalue weighted by atomic mass is 35.5. The fourth-order valence-electron chi connectivity index (χ4n) is 3.13. The van der Waals surface area contributed by atoms with E-state index in [9.17, 15) is 13.2 Å². The van der Waals surface area contributed by atoms with Gasteiger partial charge in [0.05, 0.1) is 4.90 Å². The summed E-state index contributed by atoms with van der Waals surface area (Å²) in [5, 5.41) is 3.00. The van der Waals surface area contributed by atoms with Crippen molar-refractivity contribution in [1.82, 2.24) is 14.5 Å². The summed E-state index contributed by atoms with van der Waals surface area (Å²) in [6.07, 6.45) is 0. The van der Waals surface area contributed by atoms with E-state index in [1.807, 2.05) is 26.1 Å². The zero-order valence-electron chi connectivity index (χ0n) is 16.9. The number of nitrogens with one attached hydrogen (secondary N) is 1. The molecule has 27 heavy (non-hydrogen) atoms. The van der Waals surface area contributed by atoms with Gasteiger partial charge in [-0.25, -0.2) is 8.42 Å². The smallest absolute Gasteiger partial charge is 0.243 e. The third kappa shape index (κ3) is 5.67. The van der Waals surface area contributed by atoms with Gasteiger partial charge in [0.2, 0.25) is 15.9 Å². The second-order valence-corrected chi connectivity index (χ2v) is 9.90. The Morgan fingerprint density at radius 3 is 2.07 bits per heavy atom. The van der Waals surface area contributed by atoms with Crippen LogP contribution in [0.2, 0.25) is 0 Å². The number of hydrogen-bond donors (Lipinski definition) is 1. The molecule has 0 aliphatic carbocycles. The summed E-state index contributed by atoms with van der Waals surface area (Å²) < 4.78 is 27.2. The molecule has 1 N–H and O–H groups in total. The van der Waals surface area contributed by atoms with Crippen LogP contribution in [0, 0.1) is 5.92 Å². The number of rotatable bonds is 5. The summed E-state index contributed by atoms with van der Waals surface area (Å²) in [7, 11) is -1.70. The van der Waals surface area contributed by atoms with Crippen molar-refractivity contribution in [3.63, 3.8) is 0 Å². The highest BCUT2D eigenvalue weighted by Gasteiger charge is 2.31. The summed E-state index contributed by atoms with van der Waals surface area (Å²) in [5.41, 5.74) is 1.09. The largest absolute Gasteiger partial charge is 0.340 e. The second kappa shape index (κ2) is 9.37. The van der Waals surface area contributed by atoms with Crippen molar-refractivity contribution in [2.24, 2.45) is 5.92 Å². The van der Waals surface area contributed by atoms with E-state index < -0.39 is 10.0 Å². The Hall–Kier alpha value is -1.15. The van der Waals surface area contributed by atoms with E-state index in [2.05, 4.69) is 26.1 Å². The molecule has 6 nitrogen and oxygen atoms in total. The first-order valence-electron chi connectivity index (χ1n) is 9.11. The van der Waals surface area contributed by atoms with E-state index in [1.165, 1.54) is 4.31 Å². The molecular weight excluding hydrogens is 386 g/mol. The van der Waals surface area contributed by atoms with Crippen LogP contribution in [-0.4, -0.2) is 63.3 Å². The number of hydrogen-bond acceptors (Lipinski definition) is 4. The van der Waals surface area contributed by atoms with Gasteiger partial charge in [-0.3, -0.25) is 4.79 Å². The van der Waals surface area contributed by atoms with Gasteiger partial charge in [0.25, 0.3) is 0 Å². The molecule has 1 aliphatic heterocycles. The molecule has 0 aromatic heterocycles. The molecule has 1 atom stereocenters. The van der Waals surface area contributed by atoms with E-state index >= 15 is 0 Å². The predicted octanol–water partition coefficient (Wildman–Crippen LogP) is 2.09. The minimum absolute atomic E-state index is 0. The van der Waals surface area contributed by atoms with Crippen LogP contribution in [0.3, 0.4) is 0 Å². The van der Waals surface area contributed by atoms with Crippen LogP contribution >= 0.6 is 12.4 Å². The second-order valence-electron chi connectivity index (χ2n) is 7.96. The van der Waals surface area contributed by atoms with E-state index in [1.54, 1.807) is 17.0 Å². The first kappa shape index (κ1) is 23.9. The summed E-state index contributed by atoms with van der Waals surface area (Å²) in [6, 6.07) is 7.13. The molecular formula is C19H32ClN3O3S. The van der Waals surface area contributed by atoms with Crippen LogP contribution in [0.25, 0.3) is 0 Å². The lowest BCUT2D eigenvalue weighted by atomic mass is 9.87. The molecule has 1 aliphatic rings. The Labute approximate surface area is 169 Å². The first-order chi connectivity index (χ1) is 12.1. The van der Waals surface area contributed by atoms with Gasteiger partial charge in [-0.15, -0.1) is 12.4 Å². The van der Waals surface area contributed by atoms with Crippen molar-refractivity contribution in [1.29, 1.82) is 0 Å². The van der Waals surface area contributed by atoms with Crippen LogP contribution < -0.4 is 5.32 Å². The van der Waals surface area contributed by atoms with Crippen LogP contribution in [0.15, 0.2) is 29.2 Å². The number of benzene rings is 1. The van der Waals surface area contributed by atoms with Crippen LogP contribution in [-0.2, 0) is 20.2 Å². The fraction of sp³-hybridized carbons (Fsp3) is 0.632. The summed E-state index contributed by atoms with van der Waals surface area (Å²) in [4.78, 5) is 14.4. The fourth-order valence-corrected chi connectivity index (χ4v) is 4.55. The van der Waals surface area contributed by atoms with E-state index in [4.69, 9.17) is 0 Å². The van der Waals surface area contributed by atoms with Gasteiger partial charge < -0.3 is 10.2 Å². The van der Waals surface area contributed by atoms with Crippen molar-refractivity contribution in [3.8, 4) is 0 Å². The minimum Gasteiger partial charge on any atom is -0.340 e. The number of halogens is 1. The molecule has 1 aromatic rings. The van der Waals surface area contributed by atoms with Gasteiger partial charge in [-0.1, -0.05) is 39.8 Å². The molecule has 0 spiro atoms. The third-order valence-corrected chi connectivity index (χ3v) is 6.75. The SMILES string of the molecule is CNCC(C)C(=O)N1CCN(S(=O)(=O)c2ccc(C(C)(C)C)cc2)CC1.Cl. The number of amides is 1. The molecule has 0 bridgehead atoms. The van der Waals surface area contributed by atoms with E-state index in [0.717, 1.165) is 5.56 Å². The van der Waals surface area contributed by atoms with Crippen LogP contribution in [0.5, 0.6) is 0 Å². The monoisotopic (exact) mass is 417 g/mol. The number of nitrogens with zero attached hydrogens (tertiary/aromatic N) is 2. The maximum absolute atomic E-state index is 12.9. The molecule has 2 rings (SSSR count). The molecule has 1 amide bonds. The summed E-state index contributed by atoms with van der Waals surface area (Å²) in [5.74, 6) is -0.0287. The molecule has 0 saturated carbocycles. The average Bonchev–Trinajstić information content (AvgIpc) is 2.60. The zero-order chi connectivity index (χ0) is 19.5. The Balaban J connectivity index is 0.00000364. The van der Waals surface area contributed by atoms with Crippen LogP contribution in [0.1, 0.15) is 33.3 Å². The van der Waals surface area contributed by atoms with Crippen molar-refractivity contribution in [2.45, 2.75) is 38.0 Å². The maximum atomic E-state index is 12.9. The lowest BCUT2D eigenvalue weighted by Crippen LogP contribution is -2.52. The molecule has 1 saturated heterocycles. The number of carbonyl (C=O) groups is 1. The molecule has 1 aromatic carbocycles. The van der Waals surface area contributed by atoms with Gasteiger partial charge in [0.15, 0.2) is 0 Å². The zero-order valence-corrected chi connectivity index (χ0v) is 18.5. The molecule has 154 valence electrons. The van der Waals surface area contributed by atoms with Gasteiger partial charge in [0, 0.05) is 38.6 Å². The Morgan fingerprint density at radius 1 is 1.11 bits per heavy atom. The molecule has 1 heterocycles. The highest BCUT2D eigenvalue weighted by molar-refractivity contribution is 7.89. The summed E-state index contributed by atoms with van der Waals surface area (Å²) >= 11 is 0. The molecule has 1 unspecified atom stereocenters. The summed E-state index contributed by atoms with van der Waals surface area (Å²) in [6.45, 7) is 10.3. The topological polar surface area (TPSA) is 69.7 Å². The van der Waals surface area contributed by atoms with Crippen LogP contribution in [0.4, 0.5) is 0 Å². The lowest BCUT2D eigenvalue weighted by molar-refractivity contribution is -0.136. The third-order valence-electron chi connectivity index (χ3n) is 4.84. The van der Waals surface area contributed by atoms with Gasteiger partial charge >= 0.3 is 0 Å². The minimum atomic E-state index is -3.52. The first-order valence-corrected chi connectivity index (χ1v) is 10.6.